The van der Waals surface area contributed by atoms with Crippen LogP contribution in [-0.2, 0) is 4.79 Å². The summed E-state index contributed by atoms with van der Waals surface area (Å²) < 4.78 is 29.3. The number of rotatable bonds is 10. The number of amides is 1. The Labute approximate surface area is 184 Å². The number of aliphatic carboxylic acids is 1. The molecule has 0 saturated heterocycles. The average molecular weight is 436 g/mol. The summed E-state index contributed by atoms with van der Waals surface area (Å²) in [5, 5.41) is 12.7. The van der Waals surface area contributed by atoms with E-state index in [2.05, 4.69) is 12.2 Å². The lowest BCUT2D eigenvalue weighted by atomic mass is 9.59. The average Bonchev–Trinajstić information content (AvgIpc) is 2.70. The molecular weight excluding hydrogens is 400 g/mol. The van der Waals surface area contributed by atoms with Crippen LogP contribution in [0.2, 0.25) is 0 Å². The van der Waals surface area contributed by atoms with Crippen molar-refractivity contribution in [3.05, 3.63) is 47.8 Å². The van der Waals surface area contributed by atoms with Gasteiger partial charge < -0.3 is 10.4 Å². The molecule has 0 aromatic heterocycles. The summed E-state index contributed by atoms with van der Waals surface area (Å²) in [6, 6.07) is 5.15. The fraction of sp³-hybridized carbons (Fsp3) is 0.600. The first-order valence-electron chi connectivity index (χ1n) is 11.2. The Kier molecular flexibility index (Phi) is 8.38. The Morgan fingerprint density at radius 1 is 1.23 bits per heavy atom. The molecule has 31 heavy (non-hydrogen) atoms. The van der Waals surface area contributed by atoms with Crippen LogP contribution in [0, 0.1) is 29.0 Å². The molecule has 0 heterocycles. The quantitative estimate of drug-likeness (QED) is 0.458. The highest BCUT2D eigenvalue weighted by Crippen LogP contribution is 2.50. The minimum absolute atomic E-state index is 0.0366. The van der Waals surface area contributed by atoms with Gasteiger partial charge in [-0.05, 0) is 55.4 Å². The Morgan fingerprint density at radius 3 is 2.42 bits per heavy atom. The van der Waals surface area contributed by atoms with Gasteiger partial charge in [0, 0.05) is 17.5 Å². The summed E-state index contributed by atoms with van der Waals surface area (Å²) in [5.41, 5.74) is -2.31. The van der Waals surface area contributed by atoms with Crippen LogP contribution < -0.4 is 5.32 Å². The summed E-state index contributed by atoms with van der Waals surface area (Å²) in [4.78, 5) is 24.8. The maximum Gasteiger partial charge on any atom is 0.310 e. The van der Waals surface area contributed by atoms with E-state index in [-0.39, 0.29) is 30.4 Å². The van der Waals surface area contributed by atoms with E-state index in [1.165, 1.54) is 36.4 Å². The number of hydrogen-bond donors (Lipinski definition) is 2. The fourth-order valence-electron chi connectivity index (χ4n) is 4.82. The zero-order chi connectivity index (χ0) is 23.2. The van der Waals surface area contributed by atoms with Crippen molar-refractivity contribution in [2.75, 3.05) is 6.54 Å². The molecule has 0 radical (unpaired) electrons. The van der Waals surface area contributed by atoms with Crippen LogP contribution in [0.4, 0.5) is 8.78 Å². The van der Waals surface area contributed by atoms with Crippen molar-refractivity contribution in [3.8, 4) is 0 Å². The first kappa shape index (κ1) is 25.0. The molecular formula is C25H35F2NO3. The van der Waals surface area contributed by atoms with Crippen LogP contribution >= 0.6 is 0 Å². The van der Waals surface area contributed by atoms with Gasteiger partial charge in [0.2, 0.25) is 0 Å². The van der Waals surface area contributed by atoms with E-state index < -0.39 is 34.7 Å². The molecule has 0 fully saturated rings. The van der Waals surface area contributed by atoms with Gasteiger partial charge >= 0.3 is 5.97 Å². The Balaban J connectivity index is 2.34. The zero-order valence-electron chi connectivity index (χ0n) is 19.0. The topological polar surface area (TPSA) is 66.4 Å². The molecule has 4 nitrogen and oxygen atoms in total. The minimum Gasteiger partial charge on any atom is -0.481 e. The highest BCUT2D eigenvalue weighted by Gasteiger charge is 2.52. The number of hydrogen-bond acceptors (Lipinski definition) is 2. The monoisotopic (exact) mass is 435 g/mol. The molecule has 0 bridgehead atoms. The summed E-state index contributed by atoms with van der Waals surface area (Å²) >= 11 is 0. The number of benzene rings is 1. The van der Waals surface area contributed by atoms with E-state index in [0.29, 0.717) is 6.42 Å². The second-order valence-corrected chi connectivity index (χ2v) is 9.47. The number of nitrogens with one attached hydrogen (secondary N) is 1. The number of unbranched alkanes of at least 4 members (excludes halogenated alkanes) is 1. The summed E-state index contributed by atoms with van der Waals surface area (Å²) in [7, 11) is 0. The molecule has 1 aromatic rings. The highest BCUT2D eigenvalue weighted by atomic mass is 19.1. The lowest BCUT2D eigenvalue weighted by Gasteiger charge is -2.47. The second-order valence-electron chi connectivity index (χ2n) is 9.47. The molecule has 0 saturated carbocycles. The fourth-order valence-corrected chi connectivity index (χ4v) is 4.82. The third-order valence-electron chi connectivity index (χ3n) is 6.45. The molecule has 1 aliphatic carbocycles. The van der Waals surface area contributed by atoms with Crippen LogP contribution in [0.15, 0.2) is 36.4 Å². The van der Waals surface area contributed by atoms with Crippen molar-refractivity contribution < 1.29 is 23.5 Å². The van der Waals surface area contributed by atoms with E-state index in [1.54, 1.807) is 0 Å². The van der Waals surface area contributed by atoms with E-state index in [0.717, 1.165) is 19.3 Å². The van der Waals surface area contributed by atoms with Gasteiger partial charge in [-0.25, -0.2) is 8.78 Å². The van der Waals surface area contributed by atoms with Crippen LogP contribution in [-0.4, -0.2) is 29.2 Å². The van der Waals surface area contributed by atoms with Crippen molar-refractivity contribution in [1.82, 2.24) is 5.32 Å². The maximum absolute atomic E-state index is 16.1. The zero-order valence-corrected chi connectivity index (χ0v) is 19.0. The standard InChI is InChI=1S/C25H35F2NO3/c1-5-6-7-18(4)25(27)13-12-21(23(30)31)24(15-25,14-17(2)3)16-28-22(29)19-8-10-20(26)11-9-19/h8-13,17-18,21H,5-7,14-16H2,1-4H3,(H,28,29)(H,30,31). The molecule has 0 aliphatic heterocycles. The normalized spacial score (nSPS) is 26.6. The smallest absolute Gasteiger partial charge is 0.310 e. The lowest BCUT2D eigenvalue weighted by Crippen LogP contribution is -2.52. The van der Waals surface area contributed by atoms with Crippen LogP contribution in [0.5, 0.6) is 0 Å². The van der Waals surface area contributed by atoms with Crippen molar-refractivity contribution in [1.29, 1.82) is 0 Å². The number of alkyl halides is 1. The van der Waals surface area contributed by atoms with Crippen LogP contribution in [0.1, 0.15) is 70.2 Å². The molecule has 4 unspecified atom stereocenters. The van der Waals surface area contributed by atoms with Gasteiger partial charge in [0.05, 0.1) is 5.92 Å². The van der Waals surface area contributed by atoms with Gasteiger partial charge in [0.15, 0.2) is 0 Å². The molecule has 172 valence electrons. The van der Waals surface area contributed by atoms with Gasteiger partial charge in [-0.1, -0.05) is 52.7 Å². The number of halogens is 2. The van der Waals surface area contributed by atoms with Crippen molar-refractivity contribution in [2.45, 2.75) is 65.5 Å². The van der Waals surface area contributed by atoms with E-state index in [1.807, 2.05) is 20.8 Å². The molecule has 4 atom stereocenters. The number of carbonyl (C=O) groups excluding carboxylic acids is 1. The van der Waals surface area contributed by atoms with Crippen molar-refractivity contribution >= 4 is 11.9 Å². The first-order chi connectivity index (χ1) is 14.5. The molecule has 0 spiro atoms. The first-order valence-corrected chi connectivity index (χ1v) is 11.2. The second kappa shape index (κ2) is 10.4. The van der Waals surface area contributed by atoms with E-state index >= 15 is 4.39 Å². The summed E-state index contributed by atoms with van der Waals surface area (Å²) in [6.07, 6.45) is 6.01. The molecule has 1 amide bonds. The number of carboxylic acid groups (broad SMARTS) is 1. The van der Waals surface area contributed by atoms with Gasteiger partial charge in [0.1, 0.15) is 11.5 Å². The van der Waals surface area contributed by atoms with E-state index in [9.17, 15) is 19.1 Å². The largest absolute Gasteiger partial charge is 0.481 e. The number of carbonyl (C=O) groups is 2. The van der Waals surface area contributed by atoms with Gasteiger partial charge in [-0.3, -0.25) is 9.59 Å². The Morgan fingerprint density at radius 2 is 1.87 bits per heavy atom. The lowest BCUT2D eigenvalue weighted by molar-refractivity contribution is -0.146. The Bertz CT molecular complexity index is 792. The molecule has 2 N–H and O–H groups in total. The maximum atomic E-state index is 16.1. The molecule has 1 aromatic carbocycles. The van der Waals surface area contributed by atoms with Crippen LogP contribution in [0.25, 0.3) is 0 Å². The highest BCUT2D eigenvalue weighted by molar-refractivity contribution is 5.94. The molecule has 1 aliphatic rings. The van der Waals surface area contributed by atoms with Crippen LogP contribution in [0.3, 0.4) is 0 Å². The SMILES string of the molecule is CCCCC(C)C1(F)C=CC(C(=O)O)C(CNC(=O)c2ccc(F)cc2)(CC(C)C)C1. The predicted molar refractivity (Wildman–Crippen MR) is 118 cm³/mol. The van der Waals surface area contributed by atoms with Crippen molar-refractivity contribution in [2.24, 2.45) is 23.2 Å². The Hall–Kier alpha value is -2.24. The number of carboxylic acids is 1. The summed E-state index contributed by atoms with van der Waals surface area (Å²) in [6.45, 7) is 7.92. The van der Waals surface area contributed by atoms with Gasteiger partial charge in [-0.15, -0.1) is 0 Å². The van der Waals surface area contributed by atoms with E-state index in [4.69, 9.17) is 0 Å². The van der Waals surface area contributed by atoms with Gasteiger partial charge in [-0.2, -0.15) is 0 Å². The van der Waals surface area contributed by atoms with Crippen molar-refractivity contribution in [3.63, 3.8) is 0 Å². The van der Waals surface area contributed by atoms with Gasteiger partial charge in [0.25, 0.3) is 5.91 Å². The predicted octanol–water partition coefficient (Wildman–Crippen LogP) is 5.78. The minimum atomic E-state index is -1.63. The molecule has 6 heteroatoms. The summed E-state index contributed by atoms with van der Waals surface area (Å²) in [5.74, 6) is -2.92. The number of allylic oxidation sites excluding steroid dienone is 1. The third-order valence-corrected chi connectivity index (χ3v) is 6.45. The third kappa shape index (κ3) is 6.14. The molecule has 2 rings (SSSR count).